The number of anilines is 1. The maximum atomic E-state index is 12.9. The number of carbonyl (C=O) groups is 2. The van der Waals surface area contributed by atoms with Gasteiger partial charge in [0.25, 0.3) is 0 Å². The van der Waals surface area contributed by atoms with Crippen molar-refractivity contribution in [1.29, 1.82) is 0 Å². The van der Waals surface area contributed by atoms with Crippen LogP contribution in [0.25, 0.3) is 0 Å². The highest BCUT2D eigenvalue weighted by molar-refractivity contribution is 7.09. The molecule has 0 saturated heterocycles. The van der Waals surface area contributed by atoms with Gasteiger partial charge in [-0.3, -0.25) is 0 Å². The van der Waals surface area contributed by atoms with Gasteiger partial charge in [-0.25, -0.2) is 14.6 Å². The number of thiazole rings is 1. The van der Waals surface area contributed by atoms with Crippen LogP contribution in [0.15, 0.2) is 23.6 Å². The second-order valence-corrected chi connectivity index (χ2v) is 7.18. The molecule has 0 spiro atoms. The minimum Gasteiger partial charge on any atom is -0.497 e. The average molecular weight is 405 g/mol. The van der Waals surface area contributed by atoms with E-state index in [0.717, 1.165) is 12.8 Å². The second-order valence-electron chi connectivity index (χ2n) is 6.24. The Kier molecular flexibility index (Phi) is 6.35. The number of aromatic nitrogens is 1. The van der Waals surface area contributed by atoms with E-state index < -0.39 is 5.97 Å². The number of urea groups is 1. The summed E-state index contributed by atoms with van der Waals surface area (Å²) in [6.45, 7) is 2.38. The van der Waals surface area contributed by atoms with Gasteiger partial charge in [-0.15, -0.1) is 11.3 Å². The third-order valence-electron chi connectivity index (χ3n) is 4.19. The first kappa shape index (κ1) is 19.9. The molecule has 1 aliphatic carbocycles. The molecule has 0 radical (unpaired) electrons. The van der Waals surface area contributed by atoms with Crippen LogP contribution in [0.1, 0.15) is 35.3 Å². The monoisotopic (exact) mass is 405 g/mol. The molecule has 8 nitrogen and oxygen atoms in total. The molecule has 3 rings (SSSR count). The third kappa shape index (κ3) is 4.92. The van der Waals surface area contributed by atoms with Crippen molar-refractivity contribution in [3.05, 3.63) is 34.3 Å². The molecule has 1 aromatic carbocycles. The number of amides is 2. The molecule has 150 valence electrons. The van der Waals surface area contributed by atoms with Gasteiger partial charge in [0.1, 0.15) is 16.5 Å². The van der Waals surface area contributed by atoms with Gasteiger partial charge in [0.2, 0.25) is 0 Å². The van der Waals surface area contributed by atoms with E-state index in [1.54, 1.807) is 49.6 Å². The zero-order valence-corrected chi connectivity index (χ0v) is 16.9. The van der Waals surface area contributed by atoms with Gasteiger partial charge >= 0.3 is 12.0 Å². The Labute approximate surface area is 167 Å². The lowest BCUT2D eigenvalue weighted by atomic mass is 10.2. The predicted octanol–water partition coefficient (Wildman–Crippen LogP) is 3.53. The predicted molar refractivity (Wildman–Crippen MR) is 105 cm³/mol. The van der Waals surface area contributed by atoms with Crippen LogP contribution in [-0.4, -0.2) is 48.8 Å². The Morgan fingerprint density at radius 2 is 1.89 bits per heavy atom. The molecule has 0 aliphatic heterocycles. The molecule has 0 atom stereocenters. The molecular weight excluding hydrogens is 382 g/mol. The molecule has 9 heteroatoms. The van der Waals surface area contributed by atoms with Gasteiger partial charge in [-0.05, 0) is 19.8 Å². The number of methoxy groups -OCH3 is 2. The molecule has 2 amide bonds. The average Bonchev–Trinajstić information content (AvgIpc) is 3.42. The van der Waals surface area contributed by atoms with Crippen LogP contribution >= 0.6 is 11.3 Å². The van der Waals surface area contributed by atoms with Crippen molar-refractivity contribution in [2.24, 2.45) is 0 Å². The van der Waals surface area contributed by atoms with Crippen LogP contribution in [0.4, 0.5) is 10.5 Å². The molecule has 1 aromatic heterocycles. The fourth-order valence-electron chi connectivity index (χ4n) is 2.66. The van der Waals surface area contributed by atoms with Crippen LogP contribution in [0.5, 0.6) is 11.5 Å². The van der Waals surface area contributed by atoms with Gasteiger partial charge in [0.05, 0.1) is 27.4 Å². The van der Waals surface area contributed by atoms with E-state index in [2.05, 4.69) is 10.3 Å². The van der Waals surface area contributed by atoms with Gasteiger partial charge in [0.15, 0.2) is 5.69 Å². The first-order chi connectivity index (χ1) is 13.5. The van der Waals surface area contributed by atoms with Crippen molar-refractivity contribution in [3.8, 4) is 11.5 Å². The van der Waals surface area contributed by atoms with E-state index >= 15 is 0 Å². The third-order valence-corrected chi connectivity index (χ3v) is 5.03. The minimum atomic E-state index is -0.448. The van der Waals surface area contributed by atoms with Gasteiger partial charge in [0, 0.05) is 35.3 Å². The number of esters is 1. The lowest BCUT2D eigenvalue weighted by molar-refractivity contribution is 0.0520. The van der Waals surface area contributed by atoms with E-state index in [1.807, 2.05) is 0 Å². The molecule has 28 heavy (non-hydrogen) atoms. The first-order valence-electron chi connectivity index (χ1n) is 8.96. The van der Waals surface area contributed by atoms with Crippen LogP contribution in [-0.2, 0) is 11.3 Å². The Morgan fingerprint density at radius 1 is 1.21 bits per heavy atom. The largest absolute Gasteiger partial charge is 0.497 e. The smallest absolute Gasteiger partial charge is 0.357 e. The van der Waals surface area contributed by atoms with Gasteiger partial charge in [-0.1, -0.05) is 0 Å². The maximum Gasteiger partial charge on any atom is 0.357 e. The zero-order chi connectivity index (χ0) is 20.1. The van der Waals surface area contributed by atoms with Crippen molar-refractivity contribution in [2.45, 2.75) is 32.4 Å². The highest BCUT2D eigenvalue weighted by atomic mass is 32.1. The molecule has 1 N–H and O–H groups in total. The fraction of sp³-hybridized carbons (Fsp3) is 0.421. The van der Waals surface area contributed by atoms with E-state index in [4.69, 9.17) is 14.2 Å². The molecule has 0 bridgehead atoms. The topological polar surface area (TPSA) is 90.0 Å². The summed E-state index contributed by atoms with van der Waals surface area (Å²) >= 11 is 1.34. The number of benzene rings is 1. The standard InChI is InChI=1S/C19H23N3O5S/c1-4-27-18(23)16-11-28-17(21-16)10-22(13-5-6-13)19(24)20-12-7-14(25-2)9-15(8-12)26-3/h7-9,11,13H,4-6,10H2,1-3H3,(H,20,24). The molecule has 1 heterocycles. The van der Waals surface area contributed by atoms with Gasteiger partial charge in [-0.2, -0.15) is 0 Å². The number of ether oxygens (including phenoxy) is 3. The number of hydrogen-bond acceptors (Lipinski definition) is 7. The first-order valence-corrected chi connectivity index (χ1v) is 9.84. The lowest BCUT2D eigenvalue weighted by Gasteiger charge is -2.22. The Bertz CT molecular complexity index is 828. The van der Waals surface area contributed by atoms with Crippen LogP contribution in [0.2, 0.25) is 0 Å². The number of rotatable bonds is 8. The summed E-state index contributed by atoms with van der Waals surface area (Å²) in [7, 11) is 3.11. The lowest BCUT2D eigenvalue weighted by Crippen LogP contribution is -2.36. The fourth-order valence-corrected chi connectivity index (χ4v) is 3.42. The molecular formula is C19H23N3O5S. The van der Waals surface area contributed by atoms with Crippen molar-refractivity contribution in [3.63, 3.8) is 0 Å². The molecule has 2 aromatic rings. The van der Waals surface area contributed by atoms with Crippen LogP contribution in [0.3, 0.4) is 0 Å². The summed E-state index contributed by atoms with van der Waals surface area (Å²) < 4.78 is 15.5. The molecule has 1 aliphatic rings. The number of carbonyl (C=O) groups excluding carboxylic acids is 2. The van der Waals surface area contributed by atoms with Crippen LogP contribution < -0.4 is 14.8 Å². The Hall–Kier alpha value is -2.81. The summed E-state index contributed by atoms with van der Waals surface area (Å²) in [6, 6.07) is 5.13. The van der Waals surface area contributed by atoms with Crippen LogP contribution in [0, 0.1) is 0 Å². The summed E-state index contributed by atoms with van der Waals surface area (Å²) in [6.07, 6.45) is 1.90. The summed E-state index contributed by atoms with van der Waals surface area (Å²) in [5.41, 5.74) is 0.855. The van der Waals surface area contributed by atoms with E-state index in [0.29, 0.717) is 35.3 Å². The quantitative estimate of drug-likeness (QED) is 0.676. The SMILES string of the molecule is CCOC(=O)c1csc(CN(C(=O)Nc2cc(OC)cc(OC)c2)C2CC2)n1. The van der Waals surface area contributed by atoms with Crippen molar-refractivity contribution < 1.29 is 23.8 Å². The Morgan fingerprint density at radius 3 is 2.46 bits per heavy atom. The number of hydrogen-bond donors (Lipinski definition) is 1. The molecule has 0 unspecified atom stereocenters. The second kappa shape index (κ2) is 8.92. The summed E-state index contributed by atoms with van der Waals surface area (Å²) in [5, 5.41) is 5.24. The summed E-state index contributed by atoms with van der Waals surface area (Å²) in [5.74, 6) is 0.731. The highest BCUT2D eigenvalue weighted by Crippen LogP contribution is 2.31. The van der Waals surface area contributed by atoms with Crippen molar-refractivity contribution in [2.75, 3.05) is 26.1 Å². The van der Waals surface area contributed by atoms with Crippen molar-refractivity contribution >= 4 is 29.0 Å². The van der Waals surface area contributed by atoms with E-state index in [-0.39, 0.29) is 17.8 Å². The maximum absolute atomic E-state index is 12.9. The minimum absolute atomic E-state index is 0.169. The highest BCUT2D eigenvalue weighted by Gasteiger charge is 2.33. The van der Waals surface area contributed by atoms with E-state index in [1.165, 1.54) is 11.3 Å². The van der Waals surface area contributed by atoms with E-state index in [9.17, 15) is 9.59 Å². The van der Waals surface area contributed by atoms with Gasteiger partial charge < -0.3 is 24.4 Å². The summed E-state index contributed by atoms with van der Waals surface area (Å²) in [4.78, 5) is 30.7. The molecule has 1 fully saturated rings. The Balaban J connectivity index is 1.71. The van der Waals surface area contributed by atoms with Crippen molar-refractivity contribution in [1.82, 2.24) is 9.88 Å². The number of nitrogens with zero attached hydrogens (tertiary/aromatic N) is 2. The normalized spacial score (nSPS) is 13.0. The molecule has 1 saturated carbocycles. The zero-order valence-electron chi connectivity index (χ0n) is 16.1. The number of nitrogens with one attached hydrogen (secondary N) is 1.